The summed E-state index contributed by atoms with van der Waals surface area (Å²) in [5.74, 6) is 0. The van der Waals surface area contributed by atoms with Crippen LogP contribution in [-0.2, 0) is 4.74 Å². The lowest BCUT2D eigenvalue weighted by atomic mass is 10.1. The summed E-state index contributed by atoms with van der Waals surface area (Å²) in [5, 5.41) is 0. The number of ether oxygens (including phenoxy) is 1. The van der Waals surface area contributed by atoms with E-state index in [2.05, 4.69) is 50.8 Å². The Labute approximate surface area is 98.2 Å². The summed E-state index contributed by atoms with van der Waals surface area (Å²) < 4.78 is 5.76. The molecule has 0 amide bonds. The van der Waals surface area contributed by atoms with Crippen molar-refractivity contribution in [3.63, 3.8) is 0 Å². The van der Waals surface area contributed by atoms with Crippen LogP contribution in [0.25, 0.3) is 0 Å². The fourth-order valence-electron chi connectivity index (χ4n) is 2.53. The van der Waals surface area contributed by atoms with E-state index in [0.717, 1.165) is 13.1 Å². The third-order valence-electron chi connectivity index (χ3n) is 3.11. The molecule has 1 aliphatic rings. The van der Waals surface area contributed by atoms with Crippen molar-refractivity contribution in [2.24, 2.45) is 0 Å². The van der Waals surface area contributed by atoms with E-state index in [-0.39, 0.29) is 0 Å². The zero-order valence-electron chi connectivity index (χ0n) is 10.7. The third-order valence-corrected chi connectivity index (χ3v) is 3.11. The number of aryl methyl sites for hydroxylation is 2. The molecular formula is C14H21NO. The van der Waals surface area contributed by atoms with Crippen molar-refractivity contribution in [1.82, 2.24) is 0 Å². The van der Waals surface area contributed by atoms with Gasteiger partial charge in [-0.05, 0) is 39.3 Å². The standard InChI is InChI=1S/C14H21NO/c1-10-5-6-14(11(2)7-10)15-8-12(3)16-13(4)9-15/h5-7,12-13H,8-9H2,1-4H3. The van der Waals surface area contributed by atoms with Gasteiger partial charge in [0.1, 0.15) is 0 Å². The predicted molar refractivity (Wildman–Crippen MR) is 68.1 cm³/mol. The second-order valence-electron chi connectivity index (χ2n) is 4.95. The van der Waals surface area contributed by atoms with E-state index in [4.69, 9.17) is 4.74 Å². The molecule has 16 heavy (non-hydrogen) atoms. The number of rotatable bonds is 1. The number of hydrogen-bond acceptors (Lipinski definition) is 2. The average Bonchev–Trinajstić information content (AvgIpc) is 2.15. The molecule has 0 aromatic heterocycles. The highest BCUT2D eigenvalue weighted by Crippen LogP contribution is 2.24. The monoisotopic (exact) mass is 219 g/mol. The van der Waals surface area contributed by atoms with Crippen molar-refractivity contribution < 1.29 is 4.74 Å². The van der Waals surface area contributed by atoms with Gasteiger partial charge in [0.05, 0.1) is 12.2 Å². The topological polar surface area (TPSA) is 12.5 Å². The van der Waals surface area contributed by atoms with E-state index in [9.17, 15) is 0 Å². The summed E-state index contributed by atoms with van der Waals surface area (Å²) in [6.45, 7) is 10.6. The molecule has 1 aromatic rings. The fraction of sp³-hybridized carbons (Fsp3) is 0.571. The Morgan fingerprint density at radius 3 is 2.31 bits per heavy atom. The van der Waals surface area contributed by atoms with Gasteiger partial charge in [0.25, 0.3) is 0 Å². The molecule has 1 aliphatic heterocycles. The van der Waals surface area contributed by atoms with Gasteiger partial charge in [0.2, 0.25) is 0 Å². The third kappa shape index (κ3) is 2.38. The molecule has 0 bridgehead atoms. The first-order valence-electron chi connectivity index (χ1n) is 6.04. The maximum absolute atomic E-state index is 5.76. The normalized spacial score (nSPS) is 25.9. The molecule has 2 rings (SSSR count). The summed E-state index contributed by atoms with van der Waals surface area (Å²) in [4.78, 5) is 2.44. The zero-order valence-corrected chi connectivity index (χ0v) is 10.7. The molecule has 1 fully saturated rings. The molecule has 88 valence electrons. The van der Waals surface area contributed by atoms with Crippen LogP contribution in [-0.4, -0.2) is 25.3 Å². The maximum Gasteiger partial charge on any atom is 0.0726 e. The molecule has 0 radical (unpaired) electrons. The van der Waals surface area contributed by atoms with Crippen LogP contribution in [0, 0.1) is 13.8 Å². The predicted octanol–water partition coefficient (Wildman–Crippen LogP) is 2.92. The number of anilines is 1. The first kappa shape index (κ1) is 11.5. The van der Waals surface area contributed by atoms with E-state index in [1.54, 1.807) is 0 Å². The molecule has 0 N–H and O–H groups in total. The Morgan fingerprint density at radius 1 is 1.12 bits per heavy atom. The number of benzene rings is 1. The Kier molecular flexibility index (Phi) is 3.20. The molecule has 0 aliphatic carbocycles. The quantitative estimate of drug-likeness (QED) is 0.720. The van der Waals surface area contributed by atoms with Crippen LogP contribution in [0.15, 0.2) is 18.2 Å². The van der Waals surface area contributed by atoms with Crippen LogP contribution < -0.4 is 4.90 Å². The van der Waals surface area contributed by atoms with Gasteiger partial charge in [-0.15, -0.1) is 0 Å². The van der Waals surface area contributed by atoms with Gasteiger partial charge in [0.15, 0.2) is 0 Å². The summed E-state index contributed by atoms with van der Waals surface area (Å²) in [6, 6.07) is 6.67. The van der Waals surface area contributed by atoms with Crippen molar-refractivity contribution in [1.29, 1.82) is 0 Å². The van der Waals surface area contributed by atoms with Gasteiger partial charge >= 0.3 is 0 Å². The highest BCUT2D eigenvalue weighted by Gasteiger charge is 2.23. The summed E-state index contributed by atoms with van der Waals surface area (Å²) in [7, 11) is 0. The van der Waals surface area contributed by atoms with Crippen molar-refractivity contribution in [2.45, 2.75) is 39.9 Å². The molecule has 2 atom stereocenters. The van der Waals surface area contributed by atoms with Crippen molar-refractivity contribution in [3.05, 3.63) is 29.3 Å². The van der Waals surface area contributed by atoms with Crippen LogP contribution in [0.3, 0.4) is 0 Å². The van der Waals surface area contributed by atoms with Crippen LogP contribution in [0.1, 0.15) is 25.0 Å². The second-order valence-corrected chi connectivity index (χ2v) is 4.95. The minimum atomic E-state index is 0.324. The van der Waals surface area contributed by atoms with E-state index in [1.165, 1.54) is 16.8 Å². The molecule has 2 unspecified atom stereocenters. The minimum absolute atomic E-state index is 0.324. The number of morpholine rings is 1. The molecule has 0 spiro atoms. The maximum atomic E-state index is 5.76. The van der Waals surface area contributed by atoms with E-state index in [0.29, 0.717) is 12.2 Å². The summed E-state index contributed by atoms with van der Waals surface area (Å²) >= 11 is 0. The zero-order chi connectivity index (χ0) is 11.7. The van der Waals surface area contributed by atoms with E-state index in [1.807, 2.05) is 0 Å². The number of hydrogen-bond donors (Lipinski definition) is 0. The van der Waals surface area contributed by atoms with Crippen LogP contribution in [0.4, 0.5) is 5.69 Å². The molecule has 2 heteroatoms. The van der Waals surface area contributed by atoms with E-state index >= 15 is 0 Å². The van der Waals surface area contributed by atoms with Crippen LogP contribution in [0.2, 0.25) is 0 Å². The fourth-order valence-corrected chi connectivity index (χ4v) is 2.53. The van der Waals surface area contributed by atoms with Crippen molar-refractivity contribution in [3.8, 4) is 0 Å². The molecular weight excluding hydrogens is 198 g/mol. The average molecular weight is 219 g/mol. The molecule has 2 nitrogen and oxygen atoms in total. The van der Waals surface area contributed by atoms with Crippen molar-refractivity contribution in [2.75, 3.05) is 18.0 Å². The van der Waals surface area contributed by atoms with Gasteiger partial charge in [0, 0.05) is 18.8 Å². The Bertz CT molecular complexity index is 365. The van der Waals surface area contributed by atoms with Crippen LogP contribution >= 0.6 is 0 Å². The summed E-state index contributed by atoms with van der Waals surface area (Å²) in [6.07, 6.45) is 0.647. The highest BCUT2D eigenvalue weighted by atomic mass is 16.5. The Hall–Kier alpha value is -1.02. The molecule has 0 saturated carbocycles. The van der Waals surface area contributed by atoms with E-state index < -0.39 is 0 Å². The molecule has 1 heterocycles. The lowest BCUT2D eigenvalue weighted by molar-refractivity contribution is -0.00524. The molecule has 1 aromatic carbocycles. The lowest BCUT2D eigenvalue weighted by Gasteiger charge is -2.37. The van der Waals surface area contributed by atoms with Gasteiger partial charge < -0.3 is 9.64 Å². The largest absolute Gasteiger partial charge is 0.372 e. The van der Waals surface area contributed by atoms with Crippen LogP contribution in [0.5, 0.6) is 0 Å². The first-order chi connectivity index (χ1) is 7.56. The highest BCUT2D eigenvalue weighted by molar-refractivity contribution is 5.54. The van der Waals surface area contributed by atoms with Crippen molar-refractivity contribution >= 4 is 5.69 Å². The second kappa shape index (κ2) is 4.46. The minimum Gasteiger partial charge on any atom is -0.372 e. The Balaban J connectivity index is 2.23. The summed E-state index contributed by atoms with van der Waals surface area (Å²) in [5.41, 5.74) is 4.05. The number of nitrogens with zero attached hydrogens (tertiary/aromatic N) is 1. The van der Waals surface area contributed by atoms with Gasteiger partial charge in [-0.3, -0.25) is 0 Å². The van der Waals surface area contributed by atoms with Gasteiger partial charge in [-0.1, -0.05) is 17.7 Å². The lowest BCUT2D eigenvalue weighted by Crippen LogP contribution is -2.45. The molecule has 1 saturated heterocycles. The first-order valence-corrected chi connectivity index (χ1v) is 6.04. The Morgan fingerprint density at radius 2 is 1.75 bits per heavy atom. The SMILES string of the molecule is Cc1ccc(N2CC(C)OC(C)C2)c(C)c1. The smallest absolute Gasteiger partial charge is 0.0726 e. The van der Waals surface area contributed by atoms with Gasteiger partial charge in [-0.25, -0.2) is 0 Å². The van der Waals surface area contributed by atoms with Gasteiger partial charge in [-0.2, -0.15) is 0 Å².